The van der Waals surface area contributed by atoms with E-state index < -0.39 is 0 Å². The Labute approximate surface area is 203 Å². The fraction of sp³-hybridized carbons (Fsp3) is 0.385. The molecule has 2 fully saturated rings. The molecule has 35 heavy (non-hydrogen) atoms. The molecule has 1 aliphatic carbocycles. The Morgan fingerprint density at radius 1 is 1.00 bits per heavy atom. The van der Waals surface area contributed by atoms with Crippen LogP contribution < -0.4 is 10.2 Å². The van der Waals surface area contributed by atoms with E-state index in [4.69, 9.17) is 4.52 Å². The van der Waals surface area contributed by atoms with E-state index in [0.29, 0.717) is 55.1 Å². The number of hydrogen-bond donors (Lipinski definition) is 1. The summed E-state index contributed by atoms with van der Waals surface area (Å²) in [5, 5.41) is 6.78. The molecule has 0 spiro atoms. The maximum atomic E-state index is 14.0. The highest BCUT2D eigenvalue weighted by molar-refractivity contribution is 5.96. The maximum Gasteiger partial charge on any atom is 0.251 e. The van der Waals surface area contributed by atoms with Crippen LogP contribution in [-0.4, -0.2) is 59.6 Å². The number of benzene rings is 2. The molecule has 2 amide bonds. The number of amides is 2. The molecule has 5 rings (SSSR count). The van der Waals surface area contributed by atoms with Crippen LogP contribution in [0.4, 0.5) is 10.1 Å². The van der Waals surface area contributed by atoms with Crippen LogP contribution in [0.25, 0.3) is 11.4 Å². The molecule has 1 aliphatic heterocycles. The molecule has 1 aromatic heterocycles. The lowest BCUT2D eigenvalue weighted by Gasteiger charge is -2.36. The second kappa shape index (κ2) is 10.2. The van der Waals surface area contributed by atoms with Gasteiger partial charge < -0.3 is 19.6 Å². The minimum atomic E-state index is -0.324. The molecule has 8 nitrogen and oxygen atoms in total. The van der Waals surface area contributed by atoms with Gasteiger partial charge in [-0.2, -0.15) is 4.98 Å². The minimum absolute atomic E-state index is 0.0874. The number of aromatic nitrogens is 2. The van der Waals surface area contributed by atoms with Crippen molar-refractivity contribution in [1.29, 1.82) is 0 Å². The zero-order valence-electron chi connectivity index (χ0n) is 19.5. The van der Waals surface area contributed by atoms with Crippen molar-refractivity contribution in [2.45, 2.75) is 31.6 Å². The fourth-order valence-electron chi connectivity index (χ4n) is 4.74. The predicted molar refractivity (Wildman–Crippen MR) is 128 cm³/mol. The van der Waals surface area contributed by atoms with E-state index in [1.54, 1.807) is 47.4 Å². The molecule has 2 heterocycles. The summed E-state index contributed by atoms with van der Waals surface area (Å²) >= 11 is 0. The van der Waals surface area contributed by atoms with Crippen LogP contribution in [-0.2, 0) is 4.79 Å². The number of carbonyl (C=O) groups is 2. The van der Waals surface area contributed by atoms with E-state index >= 15 is 0 Å². The first-order valence-corrected chi connectivity index (χ1v) is 12.1. The summed E-state index contributed by atoms with van der Waals surface area (Å²) in [5.74, 6) is 0.806. The lowest BCUT2D eigenvalue weighted by Crippen LogP contribution is -2.51. The van der Waals surface area contributed by atoms with Crippen LogP contribution in [0.2, 0.25) is 0 Å². The minimum Gasteiger partial charge on any atom is -0.366 e. The van der Waals surface area contributed by atoms with Gasteiger partial charge in [0.25, 0.3) is 5.91 Å². The molecule has 0 radical (unpaired) electrons. The number of nitrogens with zero attached hydrogens (tertiary/aromatic N) is 4. The second-order valence-corrected chi connectivity index (χ2v) is 9.02. The van der Waals surface area contributed by atoms with Crippen LogP contribution in [0.5, 0.6) is 0 Å². The van der Waals surface area contributed by atoms with Crippen molar-refractivity contribution in [3.63, 3.8) is 0 Å². The van der Waals surface area contributed by atoms with Crippen LogP contribution in [0.1, 0.15) is 47.8 Å². The van der Waals surface area contributed by atoms with E-state index in [9.17, 15) is 14.0 Å². The topological polar surface area (TPSA) is 91.6 Å². The zero-order valence-corrected chi connectivity index (χ0v) is 19.5. The molecule has 3 aromatic rings. The van der Waals surface area contributed by atoms with Gasteiger partial charge in [0.1, 0.15) is 5.82 Å². The number of piperazine rings is 1. The number of carbonyl (C=O) groups excluding carboxylic acids is 2. The van der Waals surface area contributed by atoms with Crippen molar-refractivity contribution in [1.82, 2.24) is 20.4 Å². The average Bonchev–Trinajstić information content (AvgIpc) is 3.60. The highest BCUT2D eigenvalue weighted by Crippen LogP contribution is 2.33. The predicted octanol–water partition coefficient (Wildman–Crippen LogP) is 3.61. The monoisotopic (exact) mass is 477 g/mol. The van der Waals surface area contributed by atoms with E-state index in [1.807, 2.05) is 4.90 Å². The third kappa shape index (κ3) is 5.18. The summed E-state index contributed by atoms with van der Waals surface area (Å²) in [6.07, 6.45) is 4.55. The zero-order chi connectivity index (χ0) is 24.2. The van der Waals surface area contributed by atoms with E-state index in [1.165, 1.54) is 18.9 Å². The molecular weight excluding hydrogens is 449 g/mol. The summed E-state index contributed by atoms with van der Waals surface area (Å²) in [4.78, 5) is 33.3. The number of halogens is 1. The SMILES string of the molecule is O=C(NCC(=O)N1CCN(c2ccccc2F)CC1)c1ccc(-c2noc(C3CCCC3)n2)cc1. The fourth-order valence-corrected chi connectivity index (χ4v) is 4.74. The molecule has 0 atom stereocenters. The molecule has 182 valence electrons. The van der Waals surface area contributed by atoms with Crippen molar-refractivity contribution in [2.75, 3.05) is 37.6 Å². The van der Waals surface area contributed by atoms with Crippen molar-refractivity contribution >= 4 is 17.5 Å². The van der Waals surface area contributed by atoms with Crippen LogP contribution >= 0.6 is 0 Å². The van der Waals surface area contributed by atoms with Crippen molar-refractivity contribution < 1.29 is 18.5 Å². The Bertz CT molecular complexity index is 1180. The van der Waals surface area contributed by atoms with Gasteiger partial charge >= 0.3 is 0 Å². The molecule has 2 aliphatic rings. The molecule has 0 bridgehead atoms. The average molecular weight is 478 g/mol. The highest BCUT2D eigenvalue weighted by atomic mass is 19.1. The molecule has 0 unspecified atom stereocenters. The van der Waals surface area contributed by atoms with Gasteiger partial charge in [-0.1, -0.05) is 42.3 Å². The number of para-hydroxylation sites is 1. The molecule has 1 saturated heterocycles. The number of anilines is 1. The lowest BCUT2D eigenvalue weighted by atomic mass is 10.1. The van der Waals surface area contributed by atoms with Gasteiger partial charge in [0, 0.05) is 43.2 Å². The Hall–Kier alpha value is -3.75. The Morgan fingerprint density at radius 2 is 1.71 bits per heavy atom. The van der Waals surface area contributed by atoms with Gasteiger partial charge in [-0.25, -0.2) is 4.39 Å². The summed E-state index contributed by atoms with van der Waals surface area (Å²) in [7, 11) is 0. The standard InChI is InChI=1S/C26H28FN5O3/c27-21-7-3-4-8-22(21)31-13-15-32(16-14-31)23(33)17-28-25(34)19-11-9-18(10-12-19)24-29-26(35-30-24)20-5-1-2-6-20/h3-4,7-12,20H,1-2,5-6,13-17H2,(H,28,34). The Morgan fingerprint density at radius 3 is 2.43 bits per heavy atom. The first-order chi connectivity index (χ1) is 17.1. The van der Waals surface area contributed by atoms with Crippen molar-refractivity contribution in [3.8, 4) is 11.4 Å². The van der Waals surface area contributed by atoms with E-state index in [2.05, 4.69) is 15.5 Å². The molecule has 1 saturated carbocycles. The quantitative estimate of drug-likeness (QED) is 0.583. The van der Waals surface area contributed by atoms with Crippen molar-refractivity contribution in [2.24, 2.45) is 0 Å². The number of rotatable bonds is 6. The first kappa shape index (κ1) is 23.0. The first-order valence-electron chi connectivity index (χ1n) is 12.1. The largest absolute Gasteiger partial charge is 0.366 e. The van der Waals surface area contributed by atoms with Gasteiger partial charge in [-0.15, -0.1) is 0 Å². The molecular formula is C26H28FN5O3. The van der Waals surface area contributed by atoms with Crippen LogP contribution in [0.15, 0.2) is 53.1 Å². The summed E-state index contributed by atoms with van der Waals surface area (Å²) in [6, 6.07) is 13.6. The Kier molecular flexibility index (Phi) is 6.74. The summed E-state index contributed by atoms with van der Waals surface area (Å²) < 4.78 is 19.4. The lowest BCUT2D eigenvalue weighted by molar-refractivity contribution is -0.130. The molecule has 1 N–H and O–H groups in total. The third-order valence-electron chi connectivity index (χ3n) is 6.78. The smallest absolute Gasteiger partial charge is 0.251 e. The summed E-state index contributed by atoms with van der Waals surface area (Å²) in [5.41, 5.74) is 1.77. The van der Waals surface area contributed by atoms with Gasteiger partial charge in [0.15, 0.2) is 0 Å². The Balaban J connectivity index is 1.11. The third-order valence-corrected chi connectivity index (χ3v) is 6.78. The van der Waals surface area contributed by atoms with Gasteiger partial charge in [-0.3, -0.25) is 9.59 Å². The number of hydrogen-bond acceptors (Lipinski definition) is 6. The van der Waals surface area contributed by atoms with E-state index in [-0.39, 0.29) is 24.2 Å². The van der Waals surface area contributed by atoms with Crippen molar-refractivity contribution in [3.05, 3.63) is 65.8 Å². The highest BCUT2D eigenvalue weighted by Gasteiger charge is 2.24. The van der Waals surface area contributed by atoms with Crippen LogP contribution in [0, 0.1) is 5.82 Å². The summed E-state index contributed by atoms with van der Waals surface area (Å²) in [6.45, 7) is 1.95. The molecule has 9 heteroatoms. The van der Waals surface area contributed by atoms with Gasteiger partial charge in [0.05, 0.1) is 12.2 Å². The van der Waals surface area contributed by atoms with E-state index in [0.717, 1.165) is 18.4 Å². The number of nitrogens with one attached hydrogen (secondary N) is 1. The van der Waals surface area contributed by atoms with Gasteiger partial charge in [-0.05, 0) is 37.1 Å². The second-order valence-electron chi connectivity index (χ2n) is 9.02. The van der Waals surface area contributed by atoms with Gasteiger partial charge in [0.2, 0.25) is 17.6 Å². The normalized spacial score (nSPS) is 16.5. The molecule has 2 aromatic carbocycles. The maximum absolute atomic E-state index is 14.0. The van der Waals surface area contributed by atoms with Crippen LogP contribution in [0.3, 0.4) is 0 Å².